The van der Waals surface area contributed by atoms with Gasteiger partial charge < -0.3 is 41.5 Å². The zero-order valence-corrected chi connectivity index (χ0v) is 36.1. The lowest BCUT2D eigenvalue weighted by Gasteiger charge is -2.32. The highest BCUT2D eigenvalue weighted by Gasteiger charge is 2.36. The second-order valence-corrected chi connectivity index (χ2v) is 16.8. The zero-order valence-electron chi connectivity index (χ0n) is 36.1. The van der Waals surface area contributed by atoms with Crippen molar-refractivity contribution >= 4 is 35.5 Å². The molecular formula is C48H57N5O9. The summed E-state index contributed by atoms with van der Waals surface area (Å²) < 4.78 is 0. The SMILES string of the molecule is CCCCC[C@H](NC(=O)CCNC(=O)c1ccc(-c2ccc(C(C)(C)C)cc2)cc1)C(=O)N(C)[C@@H]1C(=O)N[C@@H](C)C(=O)N[C@H](C(=O)O)Cc2ccc(O)c(c2)-c2cc1ccc2O. The second-order valence-electron chi connectivity index (χ2n) is 16.8. The molecule has 4 aromatic rings. The van der Waals surface area contributed by atoms with Gasteiger partial charge in [0.2, 0.25) is 23.6 Å². The Labute approximate surface area is 362 Å². The summed E-state index contributed by atoms with van der Waals surface area (Å²) in [6, 6.07) is 18.9. The maximum absolute atomic E-state index is 14.4. The van der Waals surface area contributed by atoms with E-state index in [2.05, 4.69) is 66.3 Å². The molecule has 14 heteroatoms. The lowest BCUT2D eigenvalue weighted by atomic mass is 9.86. The third-order valence-corrected chi connectivity index (χ3v) is 11.1. The fourth-order valence-corrected chi connectivity index (χ4v) is 7.37. The maximum Gasteiger partial charge on any atom is 0.326 e. The van der Waals surface area contributed by atoms with E-state index in [1.165, 1.54) is 55.9 Å². The van der Waals surface area contributed by atoms with Gasteiger partial charge in [0.05, 0.1) is 0 Å². The van der Waals surface area contributed by atoms with Crippen molar-refractivity contribution in [1.82, 2.24) is 26.2 Å². The van der Waals surface area contributed by atoms with Crippen LogP contribution in [0.5, 0.6) is 11.5 Å². The van der Waals surface area contributed by atoms with Crippen molar-refractivity contribution in [1.29, 1.82) is 0 Å². The fraction of sp³-hybridized carbons (Fsp3) is 0.375. The number of unbranched alkanes of at least 4 members (excludes halogenated alkanes) is 2. The van der Waals surface area contributed by atoms with Crippen LogP contribution in [0.3, 0.4) is 0 Å². The number of carboxylic acids is 1. The number of benzene rings is 4. The number of phenolic OH excluding ortho intramolecular Hbond substituents is 2. The van der Waals surface area contributed by atoms with Crippen LogP contribution in [0.15, 0.2) is 84.9 Å². The Morgan fingerprint density at radius 1 is 0.823 bits per heavy atom. The Morgan fingerprint density at radius 2 is 1.44 bits per heavy atom. The molecule has 4 atom stereocenters. The molecule has 1 aliphatic rings. The average Bonchev–Trinajstić information content (AvgIpc) is 3.23. The molecule has 14 nitrogen and oxygen atoms in total. The van der Waals surface area contributed by atoms with Gasteiger partial charge in [-0.2, -0.15) is 0 Å². The fourth-order valence-electron chi connectivity index (χ4n) is 7.37. The van der Waals surface area contributed by atoms with E-state index in [-0.39, 0.29) is 65.3 Å². The number of amides is 5. The predicted octanol–water partition coefficient (Wildman–Crippen LogP) is 5.74. The van der Waals surface area contributed by atoms with E-state index >= 15 is 0 Å². The molecule has 328 valence electrons. The van der Waals surface area contributed by atoms with Crippen molar-refractivity contribution in [2.24, 2.45) is 0 Å². The summed E-state index contributed by atoms with van der Waals surface area (Å²) in [4.78, 5) is 81.5. The Kier molecular flexibility index (Phi) is 15.1. The molecule has 0 unspecified atom stereocenters. The van der Waals surface area contributed by atoms with E-state index < -0.39 is 53.8 Å². The van der Waals surface area contributed by atoms with Crippen molar-refractivity contribution in [3.8, 4) is 33.8 Å². The van der Waals surface area contributed by atoms with Crippen molar-refractivity contribution in [3.63, 3.8) is 0 Å². The van der Waals surface area contributed by atoms with Crippen LogP contribution >= 0.6 is 0 Å². The van der Waals surface area contributed by atoms with Gasteiger partial charge in [-0.25, -0.2) is 4.79 Å². The van der Waals surface area contributed by atoms with E-state index in [0.717, 1.165) is 28.9 Å². The summed E-state index contributed by atoms with van der Waals surface area (Å²) in [5, 5.41) is 42.4. The summed E-state index contributed by atoms with van der Waals surface area (Å²) >= 11 is 0. The third-order valence-electron chi connectivity index (χ3n) is 11.1. The highest BCUT2D eigenvalue weighted by molar-refractivity contribution is 5.97. The van der Waals surface area contributed by atoms with Crippen LogP contribution in [-0.4, -0.2) is 87.4 Å². The first-order chi connectivity index (χ1) is 29.4. The first-order valence-electron chi connectivity index (χ1n) is 20.9. The van der Waals surface area contributed by atoms with Gasteiger partial charge in [0, 0.05) is 43.1 Å². The van der Waals surface area contributed by atoms with Crippen molar-refractivity contribution < 1.29 is 44.1 Å². The zero-order chi connectivity index (χ0) is 45.3. The van der Waals surface area contributed by atoms with E-state index in [0.29, 0.717) is 17.5 Å². The van der Waals surface area contributed by atoms with Gasteiger partial charge in [-0.3, -0.25) is 24.0 Å². The number of carbonyl (C=O) groups is 6. The predicted molar refractivity (Wildman–Crippen MR) is 235 cm³/mol. The molecule has 0 aliphatic carbocycles. The highest BCUT2D eigenvalue weighted by atomic mass is 16.4. The van der Waals surface area contributed by atoms with Crippen LogP contribution < -0.4 is 21.3 Å². The highest BCUT2D eigenvalue weighted by Crippen LogP contribution is 2.39. The topological polar surface area (TPSA) is 214 Å². The van der Waals surface area contributed by atoms with E-state index in [1.54, 1.807) is 12.1 Å². The van der Waals surface area contributed by atoms with E-state index in [4.69, 9.17) is 0 Å². The molecule has 5 rings (SSSR count). The van der Waals surface area contributed by atoms with Gasteiger partial charge in [0.25, 0.3) is 5.91 Å². The number of hydrogen-bond acceptors (Lipinski definition) is 8. The Balaban J connectivity index is 1.33. The van der Waals surface area contributed by atoms with Gasteiger partial charge in [-0.1, -0.05) is 95.5 Å². The summed E-state index contributed by atoms with van der Waals surface area (Å²) in [5.41, 5.74) is 4.55. The molecule has 0 saturated carbocycles. The largest absolute Gasteiger partial charge is 0.507 e. The number of nitrogens with zero attached hydrogens (tertiary/aromatic N) is 1. The quantitative estimate of drug-likeness (QED) is 0.0816. The number of carbonyl (C=O) groups excluding carboxylic acids is 5. The van der Waals surface area contributed by atoms with Gasteiger partial charge in [-0.15, -0.1) is 0 Å². The minimum atomic E-state index is -1.42. The number of rotatable bonds is 13. The van der Waals surface area contributed by atoms with Crippen molar-refractivity contribution in [2.75, 3.05) is 13.6 Å². The van der Waals surface area contributed by atoms with Crippen LogP contribution in [-0.2, 0) is 35.8 Å². The third kappa shape index (κ3) is 11.6. The minimum absolute atomic E-state index is 0.00948. The van der Waals surface area contributed by atoms with Gasteiger partial charge in [0.15, 0.2) is 0 Å². The number of likely N-dealkylation sites (N-methyl/N-ethyl adjacent to an activating group) is 1. The molecule has 4 aromatic carbocycles. The second kappa shape index (κ2) is 20.2. The van der Waals surface area contributed by atoms with Crippen LogP contribution in [0, 0.1) is 0 Å². The number of hydrogen-bond donors (Lipinski definition) is 7. The molecule has 5 amide bonds. The molecule has 1 heterocycles. The van der Waals surface area contributed by atoms with Crippen molar-refractivity contribution in [3.05, 3.63) is 107 Å². The van der Waals surface area contributed by atoms with Gasteiger partial charge in [0.1, 0.15) is 35.7 Å². The standard InChI is InChI=1S/C48H57N5O9/c1-7-8-9-10-37(51-41(56)23-24-49-44(58)32-14-12-30(13-15-32)31-16-19-34(20-17-31)48(3,4)5)46(60)53(6)42-33-18-22-40(55)36(27-33)35-25-29(11-21-39(35)54)26-38(47(61)62)52-43(57)28(2)50-45(42)59/h11-22,25,27-28,37-38,42,54-55H,7-10,23-24,26H2,1-6H3,(H,49,58)(H,50,59)(H,51,56)(H,52,57)(H,61,62)/t28-,37-,38-,42-/m0/s1. The van der Waals surface area contributed by atoms with Crippen LogP contribution in [0.25, 0.3) is 22.3 Å². The van der Waals surface area contributed by atoms with E-state index in [1.807, 2.05) is 19.1 Å². The molecule has 4 bridgehead atoms. The number of aliphatic carboxylic acids is 1. The summed E-state index contributed by atoms with van der Waals surface area (Å²) in [7, 11) is 1.39. The van der Waals surface area contributed by atoms with Crippen LogP contribution in [0.1, 0.15) is 99.8 Å². The lowest BCUT2D eigenvalue weighted by Crippen LogP contribution is -2.54. The van der Waals surface area contributed by atoms with Crippen LogP contribution in [0.4, 0.5) is 0 Å². The molecular weight excluding hydrogens is 791 g/mol. The monoisotopic (exact) mass is 847 g/mol. The Hall–Kier alpha value is -6.70. The number of aromatic hydroxyl groups is 2. The maximum atomic E-state index is 14.4. The first-order valence-corrected chi connectivity index (χ1v) is 20.9. The molecule has 0 saturated heterocycles. The molecule has 1 aliphatic heterocycles. The average molecular weight is 848 g/mol. The molecule has 0 fully saturated rings. The molecule has 0 aromatic heterocycles. The molecule has 0 spiro atoms. The molecule has 7 N–H and O–H groups in total. The number of carboxylic acid groups (broad SMARTS) is 1. The first kappa shape index (κ1) is 46.4. The van der Waals surface area contributed by atoms with Crippen LogP contribution in [0.2, 0.25) is 0 Å². The number of fused-ring (bicyclic) bond motifs is 5. The Morgan fingerprint density at radius 3 is 2.05 bits per heavy atom. The summed E-state index contributed by atoms with van der Waals surface area (Å²) in [6.07, 6.45) is 2.12. The van der Waals surface area contributed by atoms with Crippen molar-refractivity contribution in [2.45, 2.75) is 103 Å². The minimum Gasteiger partial charge on any atom is -0.507 e. The molecule has 62 heavy (non-hydrogen) atoms. The summed E-state index contributed by atoms with van der Waals surface area (Å²) in [5.74, 6) is -4.88. The molecule has 0 radical (unpaired) electrons. The number of phenols is 2. The Bertz CT molecular complexity index is 2290. The van der Waals surface area contributed by atoms with Gasteiger partial charge >= 0.3 is 5.97 Å². The normalized spacial score (nSPS) is 17.1. The number of nitrogens with one attached hydrogen (secondary N) is 4. The van der Waals surface area contributed by atoms with E-state index in [9.17, 15) is 44.1 Å². The van der Waals surface area contributed by atoms with Gasteiger partial charge in [-0.05, 0) is 83.0 Å². The summed E-state index contributed by atoms with van der Waals surface area (Å²) in [6.45, 7) is 9.83. The lowest BCUT2D eigenvalue weighted by molar-refractivity contribution is -0.144. The smallest absolute Gasteiger partial charge is 0.326 e.